The van der Waals surface area contributed by atoms with Crippen molar-refractivity contribution in [3.63, 3.8) is 0 Å². The summed E-state index contributed by atoms with van der Waals surface area (Å²) in [5.74, 6) is -0.104. The van der Waals surface area contributed by atoms with Crippen molar-refractivity contribution in [3.8, 4) is 0 Å². The molecule has 1 N–H and O–H groups in total. The zero-order chi connectivity index (χ0) is 17.3. The van der Waals surface area contributed by atoms with Crippen molar-refractivity contribution in [2.24, 2.45) is 0 Å². The fourth-order valence-electron chi connectivity index (χ4n) is 2.86. The second-order valence-corrected chi connectivity index (χ2v) is 6.78. The van der Waals surface area contributed by atoms with E-state index in [1.807, 2.05) is 67.8 Å². The van der Waals surface area contributed by atoms with Gasteiger partial charge in [-0.1, -0.05) is 37.3 Å². The molecular formula is C19H20BrN3O. The number of hydrogen-bond donors (Lipinski definition) is 1. The van der Waals surface area contributed by atoms with Crippen LogP contribution in [0.5, 0.6) is 0 Å². The van der Waals surface area contributed by atoms with Crippen LogP contribution in [-0.2, 0) is 6.42 Å². The molecule has 0 spiro atoms. The predicted octanol–water partition coefficient (Wildman–Crippen LogP) is 4.46. The van der Waals surface area contributed by atoms with Crippen LogP contribution in [0, 0.1) is 6.92 Å². The molecule has 3 aromatic rings. The third kappa shape index (κ3) is 3.08. The predicted molar refractivity (Wildman–Crippen MR) is 99.3 cm³/mol. The Morgan fingerprint density at radius 1 is 1.33 bits per heavy atom. The summed E-state index contributed by atoms with van der Waals surface area (Å²) in [6.45, 7) is 6.01. The molecule has 0 saturated carbocycles. The van der Waals surface area contributed by atoms with Gasteiger partial charge in [0.05, 0.1) is 16.2 Å². The Hall–Kier alpha value is -2.14. The summed E-state index contributed by atoms with van der Waals surface area (Å²) in [6, 6.07) is 11.9. The van der Waals surface area contributed by atoms with Crippen LogP contribution in [0.2, 0.25) is 0 Å². The van der Waals surface area contributed by atoms with Gasteiger partial charge in [0.1, 0.15) is 5.69 Å². The highest BCUT2D eigenvalue weighted by Crippen LogP contribution is 2.23. The fourth-order valence-corrected chi connectivity index (χ4v) is 3.50. The van der Waals surface area contributed by atoms with Crippen LogP contribution in [-0.4, -0.2) is 15.3 Å². The molecule has 1 atom stereocenters. The molecule has 2 heterocycles. The maximum atomic E-state index is 12.9. The highest BCUT2D eigenvalue weighted by atomic mass is 79.9. The number of aryl methyl sites for hydroxylation is 2. The Morgan fingerprint density at radius 2 is 2.04 bits per heavy atom. The smallest absolute Gasteiger partial charge is 0.270 e. The molecular weight excluding hydrogens is 366 g/mol. The SMILES string of the molecule is CCc1nc2c(Br)cc(C)cn2c1C(=O)NC(C)c1ccccc1. The normalized spacial score (nSPS) is 12.3. The van der Waals surface area contributed by atoms with E-state index in [-0.39, 0.29) is 11.9 Å². The Bertz CT molecular complexity index is 887. The van der Waals surface area contributed by atoms with Crippen LogP contribution in [0.25, 0.3) is 5.65 Å². The van der Waals surface area contributed by atoms with Gasteiger partial charge in [0.2, 0.25) is 0 Å². The van der Waals surface area contributed by atoms with Gasteiger partial charge in [0.25, 0.3) is 5.91 Å². The molecule has 1 amide bonds. The summed E-state index contributed by atoms with van der Waals surface area (Å²) in [5, 5.41) is 3.09. The van der Waals surface area contributed by atoms with E-state index < -0.39 is 0 Å². The molecule has 0 aliphatic rings. The van der Waals surface area contributed by atoms with Gasteiger partial charge in [-0.15, -0.1) is 0 Å². The first-order valence-corrected chi connectivity index (χ1v) is 8.83. The average molecular weight is 386 g/mol. The largest absolute Gasteiger partial charge is 0.344 e. The number of carbonyl (C=O) groups excluding carboxylic acids is 1. The molecule has 5 heteroatoms. The number of carbonyl (C=O) groups is 1. The molecule has 0 bridgehead atoms. The Labute approximate surface area is 150 Å². The molecule has 0 saturated heterocycles. The summed E-state index contributed by atoms with van der Waals surface area (Å²) in [7, 11) is 0. The summed E-state index contributed by atoms with van der Waals surface area (Å²) < 4.78 is 2.78. The van der Waals surface area contributed by atoms with Gasteiger partial charge in [-0.25, -0.2) is 4.98 Å². The maximum Gasteiger partial charge on any atom is 0.270 e. The first-order valence-electron chi connectivity index (χ1n) is 8.04. The first kappa shape index (κ1) is 16.7. The van der Waals surface area contributed by atoms with Crippen molar-refractivity contribution >= 4 is 27.5 Å². The highest BCUT2D eigenvalue weighted by molar-refractivity contribution is 9.10. The maximum absolute atomic E-state index is 12.9. The summed E-state index contributed by atoms with van der Waals surface area (Å²) in [5.41, 5.74) is 4.34. The number of pyridine rings is 1. The first-order chi connectivity index (χ1) is 11.5. The molecule has 0 aliphatic carbocycles. The second-order valence-electron chi connectivity index (χ2n) is 5.93. The minimum Gasteiger partial charge on any atom is -0.344 e. The van der Waals surface area contributed by atoms with Gasteiger partial charge < -0.3 is 5.32 Å². The number of hydrogen-bond acceptors (Lipinski definition) is 2. The summed E-state index contributed by atoms with van der Waals surface area (Å²) in [4.78, 5) is 17.5. The number of amides is 1. The van der Waals surface area contributed by atoms with Gasteiger partial charge in [0, 0.05) is 6.20 Å². The monoisotopic (exact) mass is 385 g/mol. The van der Waals surface area contributed by atoms with Gasteiger partial charge in [-0.2, -0.15) is 0 Å². The Balaban J connectivity index is 2.00. The lowest BCUT2D eigenvalue weighted by atomic mass is 10.1. The number of rotatable bonds is 4. The lowest BCUT2D eigenvalue weighted by Gasteiger charge is -2.15. The number of nitrogens with zero attached hydrogens (tertiary/aromatic N) is 2. The molecule has 0 radical (unpaired) electrons. The van der Waals surface area contributed by atoms with E-state index in [0.717, 1.165) is 26.9 Å². The van der Waals surface area contributed by atoms with Crippen molar-refractivity contribution in [1.82, 2.24) is 14.7 Å². The van der Waals surface area contributed by atoms with E-state index in [4.69, 9.17) is 0 Å². The molecule has 2 aromatic heterocycles. The summed E-state index contributed by atoms with van der Waals surface area (Å²) >= 11 is 3.55. The number of halogens is 1. The van der Waals surface area contributed by atoms with Crippen molar-refractivity contribution in [2.75, 3.05) is 0 Å². The molecule has 3 rings (SSSR count). The highest BCUT2D eigenvalue weighted by Gasteiger charge is 2.21. The quantitative estimate of drug-likeness (QED) is 0.720. The number of fused-ring (bicyclic) bond motifs is 1. The number of nitrogens with one attached hydrogen (secondary N) is 1. The van der Waals surface area contributed by atoms with Gasteiger partial charge >= 0.3 is 0 Å². The minimum atomic E-state index is -0.104. The minimum absolute atomic E-state index is 0.0674. The van der Waals surface area contributed by atoms with Crippen molar-refractivity contribution in [1.29, 1.82) is 0 Å². The standard InChI is InChI=1S/C19H20BrN3O/c1-4-16-17(23-11-12(2)10-15(20)18(23)22-16)19(24)21-13(3)14-8-6-5-7-9-14/h5-11,13H,4H2,1-3H3,(H,21,24). The van der Waals surface area contributed by atoms with Gasteiger partial charge in [-0.3, -0.25) is 9.20 Å². The van der Waals surface area contributed by atoms with Crippen LogP contribution in [0.15, 0.2) is 47.1 Å². The van der Waals surface area contributed by atoms with Gasteiger partial charge in [0.15, 0.2) is 5.65 Å². The molecule has 124 valence electrons. The summed E-state index contributed by atoms with van der Waals surface area (Å²) in [6.07, 6.45) is 2.66. The van der Waals surface area contributed by atoms with E-state index in [2.05, 4.69) is 26.2 Å². The van der Waals surface area contributed by atoms with E-state index >= 15 is 0 Å². The molecule has 4 nitrogen and oxygen atoms in total. The van der Waals surface area contributed by atoms with Crippen LogP contribution in [0.4, 0.5) is 0 Å². The Kier molecular flexibility index (Phi) is 4.71. The topological polar surface area (TPSA) is 46.4 Å². The molecule has 24 heavy (non-hydrogen) atoms. The van der Waals surface area contributed by atoms with Crippen LogP contribution >= 0.6 is 15.9 Å². The van der Waals surface area contributed by atoms with E-state index in [0.29, 0.717) is 12.1 Å². The fraction of sp³-hybridized carbons (Fsp3) is 0.263. The van der Waals surface area contributed by atoms with Gasteiger partial charge in [-0.05, 0) is 53.4 Å². The van der Waals surface area contributed by atoms with E-state index in [9.17, 15) is 4.79 Å². The molecule has 0 aliphatic heterocycles. The zero-order valence-electron chi connectivity index (χ0n) is 14.0. The van der Waals surface area contributed by atoms with Crippen LogP contribution in [0.1, 0.15) is 47.2 Å². The lowest BCUT2D eigenvalue weighted by Crippen LogP contribution is -2.28. The van der Waals surface area contributed by atoms with Crippen LogP contribution in [0.3, 0.4) is 0 Å². The molecule has 1 aromatic carbocycles. The van der Waals surface area contributed by atoms with E-state index in [1.54, 1.807) is 0 Å². The Morgan fingerprint density at radius 3 is 2.71 bits per heavy atom. The molecule has 0 fully saturated rings. The second kappa shape index (κ2) is 6.77. The lowest BCUT2D eigenvalue weighted by molar-refractivity contribution is 0.0933. The third-order valence-electron chi connectivity index (χ3n) is 4.08. The molecule has 1 unspecified atom stereocenters. The third-order valence-corrected chi connectivity index (χ3v) is 4.66. The average Bonchev–Trinajstić information content (AvgIpc) is 2.94. The zero-order valence-corrected chi connectivity index (χ0v) is 15.6. The van der Waals surface area contributed by atoms with Crippen molar-refractivity contribution in [3.05, 3.63) is 69.6 Å². The number of imidazole rings is 1. The number of aromatic nitrogens is 2. The van der Waals surface area contributed by atoms with E-state index in [1.165, 1.54) is 0 Å². The van der Waals surface area contributed by atoms with Crippen molar-refractivity contribution < 1.29 is 4.79 Å². The van der Waals surface area contributed by atoms with Crippen LogP contribution < -0.4 is 5.32 Å². The number of benzene rings is 1. The van der Waals surface area contributed by atoms with Crippen molar-refractivity contribution in [2.45, 2.75) is 33.2 Å².